The van der Waals surface area contributed by atoms with Gasteiger partial charge in [-0.1, -0.05) is 30.4 Å². The van der Waals surface area contributed by atoms with Gasteiger partial charge in [-0.25, -0.2) is 0 Å². The van der Waals surface area contributed by atoms with Crippen LogP contribution in [0.15, 0.2) is 42.6 Å². The number of nitrogens with one attached hydrogen (secondary N) is 1. The second kappa shape index (κ2) is 3.48. The van der Waals surface area contributed by atoms with E-state index >= 15 is 0 Å². The molecule has 1 aromatic carbocycles. The fourth-order valence-corrected chi connectivity index (χ4v) is 1.51. The number of benzene rings is 1. The van der Waals surface area contributed by atoms with E-state index in [1.807, 2.05) is 12.1 Å². The van der Waals surface area contributed by atoms with E-state index in [4.69, 9.17) is 0 Å². The van der Waals surface area contributed by atoms with E-state index in [2.05, 4.69) is 42.4 Å². The summed E-state index contributed by atoms with van der Waals surface area (Å²) in [5, 5.41) is 1.31. The summed E-state index contributed by atoms with van der Waals surface area (Å²) in [6.45, 7) is 3.67. The summed E-state index contributed by atoms with van der Waals surface area (Å²) in [5.74, 6) is 0. The average molecular weight is 170 g/mol. The van der Waals surface area contributed by atoms with E-state index in [1.54, 1.807) is 0 Å². The van der Waals surface area contributed by atoms with Crippen molar-refractivity contribution in [2.75, 3.05) is 0 Å². The minimum atomic E-state index is 0.952. The molecule has 0 spiro atoms. The van der Waals surface area contributed by atoms with Crippen molar-refractivity contribution in [2.45, 2.75) is 6.42 Å². The molecule has 13 heavy (non-hydrogen) atoms. The van der Waals surface area contributed by atoms with Crippen molar-refractivity contribution < 1.29 is 0 Å². The third kappa shape index (κ3) is 1.50. The molecule has 1 heteroatoms. The topological polar surface area (TPSA) is 15.8 Å². The van der Waals surface area contributed by atoms with Gasteiger partial charge >= 0.3 is 0 Å². The lowest BCUT2D eigenvalue weighted by Crippen LogP contribution is -1.75. The summed E-state index contributed by atoms with van der Waals surface area (Å²) < 4.78 is 0. The number of rotatable bonds is 2. The zero-order chi connectivity index (χ0) is 9.10. The first kappa shape index (κ1) is 8.11. The summed E-state index contributed by atoms with van der Waals surface area (Å²) in [4.78, 5) is 3.24. The molecule has 0 bridgehead atoms. The summed E-state index contributed by atoms with van der Waals surface area (Å²) in [6, 6.07) is 8.33. The number of hydrogen-bond donors (Lipinski definition) is 1. The molecule has 0 aliphatic rings. The summed E-state index contributed by atoms with van der Waals surface area (Å²) in [7, 11) is 0. The monoisotopic (exact) mass is 170 g/mol. The van der Waals surface area contributed by atoms with E-state index < -0.39 is 0 Å². The SMILES string of the molecule is [CH2]/C=C/Cc1c[nH]c2ccccc12. The highest BCUT2D eigenvalue weighted by atomic mass is 14.7. The number of hydrogen-bond acceptors (Lipinski definition) is 0. The first-order valence-electron chi connectivity index (χ1n) is 4.41. The van der Waals surface area contributed by atoms with Crippen molar-refractivity contribution in [1.82, 2.24) is 4.98 Å². The molecule has 2 aromatic rings. The molecule has 2 rings (SSSR count). The Bertz CT molecular complexity index is 423. The van der Waals surface area contributed by atoms with Crippen molar-refractivity contribution in [3.05, 3.63) is 55.1 Å². The van der Waals surface area contributed by atoms with Crippen LogP contribution in [0, 0.1) is 6.92 Å². The standard InChI is InChI=1S/C12H12N/c1-2-3-6-10-9-13-12-8-5-4-7-11(10)12/h2-5,7-9,13H,1,6H2/b3-2+. The maximum atomic E-state index is 3.67. The summed E-state index contributed by atoms with van der Waals surface area (Å²) >= 11 is 0. The number of aromatic amines is 1. The van der Waals surface area contributed by atoms with Crippen LogP contribution in [-0.2, 0) is 6.42 Å². The minimum Gasteiger partial charge on any atom is -0.361 e. The van der Waals surface area contributed by atoms with Gasteiger partial charge in [0.15, 0.2) is 0 Å². The van der Waals surface area contributed by atoms with E-state index in [0.29, 0.717) is 0 Å². The molecule has 1 aromatic heterocycles. The number of aromatic nitrogens is 1. The van der Waals surface area contributed by atoms with Gasteiger partial charge in [0.1, 0.15) is 0 Å². The molecule has 0 aliphatic carbocycles. The second-order valence-corrected chi connectivity index (χ2v) is 3.04. The van der Waals surface area contributed by atoms with Gasteiger partial charge in [0.25, 0.3) is 0 Å². The Labute approximate surface area is 78.1 Å². The number of fused-ring (bicyclic) bond motifs is 1. The van der Waals surface area contributed by atoms with Crippen LogP contribution >= 0.6 is 0 Å². The number of H-pyrrole nitrogens is 1. The van der Waals surface area contributed by atoms with Crippen LogP contribution < -0.4 is 0 Å². The molecule has 1 heterocycles. The molecule has 0 saturated heterocycles. The summed E-state index contributed by atoms with van der Waals surface area (Å²) in [5.41, 5.74) is 2.53. The number of para-hydroxylation sites is 1. The van der Waals surface area contributed by atoms with Crippen LogP contribution in [-0.4, -0.2) is 4.98 Å². The molecular formula is C12H12N. The third-order valence-corrected chi connectivity index (χ3v) is 2.18. The Hall–Kier alpha value is -1.50. The lowest BCUT2D eigenvalue weighted by molar-refractivity contribution is 1.28. The van der Waals surface area contributed by atoms with Gasteiger partial charge in [-0.3, -0.25) is 0 Å². The van der Waals surface area contributed by atoms with Crippen LogP contribution in [0.3, 0.4) is 0 Å². The van der Waals surface area contributed by atoms with Crippen molar-refractivity contribution in [3.8, 4) is 0 Å². The van der Waals surface area contributed by atoms with Gasteiger partial charge < -0.3 is 4.98 Å². The molecule has 0 fully saturated rings. The Morgan fingerprint density at radius 2 is 2.15 bits per heavy atom. The molecule has 65 valence electrons. The Kier molecular flexibility index (Phi) is 2.17. The maximum Gasteiger partial charge on any atom is 0.0456 e. The van der Waals surface area contributed by atoms with Crippen LogP contribution in [0.5, 0.6) is 0 Å². The molecule has 1 radical (unpaired) electrons. The molecule has 1 N–H and O–H groups in total. The first-order chi connectivity index (χ1) is 6.42. The van der Waals surface area contributed by atoms with Gasteiger partial charge in [-0.2, -0.15) is 0 Å². The van der Waals surface area contributed by atoms with Crippen molar-refractivity contribution in [3.63, 3.8) is 0 Å². The van der Waals surface area contributed by atoms with Crippen LogP contribution in [0.4, 0.5) is 0 Å². The van der Waals surface area contributed by atoms with Gasteiger partial charge in [0.05, 0.1) is 0 Å². The quantitative estimate of drug-likeness (QED) is 0.712. The summed E-state index contributed by atoms with van der Waals surface area (Å²) in [6.07, 6.45) is 6.91. The molecule has 0 saturated carbocycles. The fourth-order valence-electron chi connectivity index (χ4n) is 1.51. The molecule has 1 nitrogen and oxygen atoms in total. The Morgan fingerprint density at radius 1 is 1.31 bits per heavy atom. The zero-order valence-corrected chi connectivity index (χ0v) is 7.46. The maximum absolute atomic E-state index is 3.67. The lowest BCUT2D eigenvalue weighted by Gasteiger charge is -1.92. The minimum absolute atomic E-state index is 0.952. The molecule has 0 unspecified atom stereocenters. The van der Waals surface area contributed by atoms with Crippen LogP contribution in [0.25, 0.3) is 10.9 Å². The number of allylic oxidation sites excluding steroid dienone is 2. The van der Waals surface area contributed by atoms with Crippen LogP contribution in [0.2, 0.25) is 0 Å². The lowest BCUT2D eigenvalue weighted by atomic mass is 10.1. The third-order valence-electron chi connectivity index (χ3n) is 2.18. The van der Waals surface area contributed by atoms with E-state index in [0.717, 1.165) is 6.42 Å². The highest BCUT2D eigenvalue weighted by Crippen LogP contribution is 2.17. The van der Waals surface area contributed by atoms with Gasteiger partial charge in [-0.15, -0.1) is 0 Å². The van der Waals surface area contributed by atoms with Gasteiger partial charge in [0.2, 0.25) is 0 Å². The molecular weight excluding hydrogens is 158 g/mol. The molecule has 0 aliphatic heterocycles. The van der Waals surface area contributed by atoms with Gasteiger partial charge in [0, 0.05) is 17.1 Å². The van der Waals surface area contributed by atoms with Crippen LogP contribution in [0.1, 0.15) is 5.56 Å². The average Bonchev–Trinajstić information content (AvgIpc) is 2.58. The Balaban J connectivity index is 2.45. The van der Waals surface area contributed by atoms with Crippen molar-refractivity contribution in [1.29, 1.82) is 0 Å². The Morgan fingerprint density at radius 3 is 3.00 bits per heavy atom. The van der Waals surface area contributed by atoms with Crippen molar-refractivity contribution >= 4 is 10.9 Å². The normalized spacial score (nSPS) is 11.5. The van der Waals surface area contributed by atoms with E-state index in [-0.39, 0.29) is 0 Å². The highest BCUT2D eigenvalue weighted by Gasteiger charge is 1.99. The molecule has 0 atom stereocenters. The second-order valence-electron chi connectivity index (χ2n) is 3.04. The predicted octanol–water partition coefficient (Wildman–Crippen LogP) is 3.10. The largest absolute Gasteiger partial charge is 0.361 e. The van der Waals surface area contributed by atoms with Gasteiger partial charge in [-0.05, 0) is 25.0 Å². The van der Waals surface area contributed by atoms with Crippen molar-refractivity contribution in [2.24, 2.45) is 0 Å². The molecule has 0 amide bonds. The first-order valence-corrected chi connectivity index (χ1v) is 4.41. The predicted molar refractivity (Wildman–Crippen MR) is 56.5 cm³/mol. The zero-order valence-electron chi connectivity index (χ0n) is 7.46. The van der Waals surface area contributed by atoms with E-state index in [1.165, 1.54) is 16.5 Å². The van der Waals surface area contributed by atoms with E-state index in [9.17, 15) is 0 Å². The smallest absolute Gasteiger partial charge is 0.0456 e. The fraction of sp³-hybridized carbons (Fsp3) is 0.0833. The highest BCUT2D eigenvalue weighted by molar-refractivity contribution is 5.83.